The van der Waals surface area contributed by atoms with E-state index in [-0.39, 0.29) is 12.4 Å². The summed E-state index contributed by atoms with van der Waals surface area (Å²) in [5, 5.41) is 16.3. The Morgan fingerprint density at radius 1 is 1.41 bits per heavy atom. The first-order valence-corrected chi connectivity index (χ1v) is 9.02. The molecule has 1 aromatic carbocycles. The fraction of sp³-hybridized carbons (Fsp3) is 0.368. The number of hydrogen-bond acceptors (Lipinski definition) is 7. The quantitative estimate of drug-likeness (QED) is 0.591. The molecule has 1 aromatic heterocycles. The summed E-state index contributed by atoms with van der Waals surface area (Å²) in [5.74, 6) is 1.62. The van der Waals surface area contributed by atoms with E-state index >= 15 is 0 Å². The number of carbonyl (C=O) groups excluding carboxylic acids is 1. The maximum absolute atomic E-state index is 11.6. The van der Waals surface area contributed by atoms with E-state index in [1.807, 2.05) is 12.1 Å². The van der Waals surface area contributed by atoms with E-state index in [9.17, 15) is 9.90 Å². The molecule has 1 amide bonds. The molecule has 1 fully saturated rings. The van der Waals surface area contributed by atoms with Gasteiger partial charge in [-0.15, -0.1) is 0 Å². The molecule has 142 valence electrons. The lowest BCUT2D eigenvalue weighted by molar-refractivity contribution is 0.151. The van der Waals surface area contributed by atoms with Gasteiger partial charge in [-0.1, -0.05) is 6.07 Å². The molecule has 1 aliphatic heterocycles. The Labute approximate surface area is 156 Å². The summed E-state index contributed by atoms with van der Waals surface area (Å²) < 4.78 is 11.0. The van der Waals surface area contributed by atoms with Crippen molar-refractivity contribution < 1.29 is 19.4 Å². The van der Waals surface area contributed by atoms with Crippen molar-refractivity contribution in [1.29, 1.82) is 0 Å². The Kier molecular flexibility index (Phi) is 4.72. The zero-order valence-electron chi connectivity index (χ0n) is 14.8. The smallest absolute Gasteiger partial charge is 0.413 e. The van der Waals surface area contributed by atoms with Crippen LogP contribution < -0.4 is 21.1 Å². The van der Waals surface area contributed by atoms with Gasteiger partial charge in [0.25, 0.3) is 0 Å². The van der Waals surface area contributed by atoms with Crippen molar-refractivity contribution in [2.45, 2.75) is 19.4 Å². The minimum Gasteiger partial charge on any atom is -0.507 e. The number of amides is 1. The molecule has 8 nitrogen and oxygen atoms in total. The summed E-state index contributed by atoms with van der Waals surface area (Å²) in [5.41, 5.74) is 8.09. The molecule has 5 N–H and O–H groups in total. The van der Waals surface area contributed by atoms with Crippen LogP contribution >= 0.6 is 0 Å². The molecule has 0 bridgehead atoms. The highest BCUT2D eigenvalue weighted by molar-refractivity contribution is 5.89. The lowest BCUT2D eigenvalue weighted by Crippen LogP contribution is -2.23. The van der Waals surface area contributed by atoms with Gasteiger partial charge in [0.1, 0.15) is 23.9 Å². The number of phenols is 1. The van der Waals surface area contributed by atoms with Crippen molar-refractivity contribution in [3.05, 3.63) is 29.8 Å². The zero-order chi connectivity index (χ0) is 18.8. The number of ether oxygens (including phenoxy) is 2. The average molecular weight is 370 g/mol. The van der Waals surface area contributed by atoms with Crippen LogP contribution in [0.15, 0.2) is 24.3 Å². The first-order chi connectivity index (χ1) is 13.2. The summed E-state index contributed by atoms with van der Waals surface area (Å²) in [6, 6.07) is 6.96. The van der Waals surface area contributed by atoms with Crippen molar-refractivity contribution in [3.63, 3.8) is 0 Å². The Bertz CT molecular complexity index is 867. The van der Waals surface area contributed by atoms with Crippen LogP contribution in [0.1, 0.15) is 18.4 Å². The standard InChI is InChI=1S/C19H22N4O4/c20-6-7-21-13-8-14(22-18-12(13)10-27-19(25)23-18)17-15(24)2-1-3-16(17)26-9-11-4-5-11/h1-3,8,11,24H,4-7,9-10,20H2,(H2,21,22,23,25). The Balaban J connectivity index is 1.76. The molecule has 0 saturated heterocycles. The Morgan fingerprint density at radius 2 is 2.26 bits per heavy atom. The number of fused-ring (bicyclic) bond motifs is 1. The summed E-state index contributed by atoms with van der Waals surface area (Å²) in [6.07, 6.45) is 1.79. The normalized spacial score (nSPS) is 15.5. The van der Waals surface area contributed by atoms with Crippen LogP contribution in [-0.4, -0.2) is 35.9 Å². The number of hydrogen-bond donors (Lipinski definition) is 4. The van der Waals surface area contributed by atoms with Crippen LogP contribution in [0.3, 0.4) is 0 Å². The van der Waals surface area contributed by atoms with Crippen molar-refractivity contribution in [2.24, 2.45) is 11.7 Å². The van der Waals surface area contributed by atoms with Crippen LogP contribution in [0.4, 0.5) is 16.3 Å². The number of nitrogens with one attached hydrogen (secondary N) is 2. The molecule has 1 saturated carbocycles. The second-order valence-electron chi connectivity index (χ2n) is 6.70. The van der Waals surface area contributed by atoms with E-state index in [0.717, 1.165) is 11.3 Å². The van der Waals surface area contributed by atoms with Gasteiger partial charge >= 0.3 is 6.09 Å². The highest BCUT2D eigenvalue weighted by Gasteiger charge is 2.25. The molecule has 27 heavy (non-hydrogen) atoms. The number of aromatic hydroxyl groups is 1. The predicted octanol–water partition coefficient (Wildman–Crippen LogP) is 2.68. The van der Waals surface area contributed by atoms with Crippen LogP contribution in [0.5, 0.6) is 11.5 Å². The van der Waals surface area contributed by atoms with E-state index < -0.39 is 6.09 Å². The van der Waals surface area contributed by atoms with Gasteiger partial charge in [0, 0.05) is 18.8 Å². The number of rotatable bonds is 7. The molecule has 4 rings (SSSR count). The lowest BCUT2D eigenvalue weighted by atomic mass is 10.1. The number of anilines is 2. The molecule has 0 radical (unpaired) electrons. The van der Waals surface area contributed by atoms with Crippen molar-refractivity contribution in [3.8, 4) is 22.8 Å². The first-order valence-electron chi connectivity index (χ1n) is 9.02. The van der Waals surface area contributed by atoms with E-state index in [2.05, 4.69) is 15.6 Å². The van der Waals surface area contributed by atoms with Gasteiger partial charge in [-0.2, -0.15) is 0 Å². The minimum absolute atomic E-state index is 0.0684. The highest BCUT2D eigenvalue weighted by Crippen LogP contribution is 2.41. The molecule has 0 atom stereocenters. The SMILES string of the molecule is NCCNc1cc(-c2c(O)cccc2OCC2CC2)nc2c1COC(=O)N2. The summed E-state index contributed by atoms with van der Waals surface area (Å²) in [7, 11) is 0. The average Bonchev–Trinajstić information content (AvgIpc) is 3.48. The van der Waals surface area contributed by atoms with Crippen LogP contribution in [0, 0.1) is 5.92 Å². The third kappa shape index (κ3) is 3.75. The van der Waals surface area contributed by atoms with Crippen molar-refractivity contribution >= 4 is 17.6 Å². The molecule has 1 aliphatic carbocycles. The van der Waals surface area contributed by atoms with Gasteiger partial charge in [0.05, 0.1) is 23.4 Å². The number of cyclic esters (lactones) is 1. The van der Waals surface area contributed by atoms with Gasteiger partial charge in [0.15, 0.2) is 0 Å². The molecule has 0 spiro atoms. The molecule has 2 heterocycles. The summed E-state index contributed by atoms with van der Waals surface area (Å²) in [6.45, 7) is 1.74. The molecular weight excluding hydrogens is 348 g/mol. The topological polar surface area (TPSA) is 119 Å². The number of pyridine rings is 1. The fourth-order valence-corrected chi connectivity index (χ4v) is 2.97. The molecule has 2 aliphatic rings. The fourth-order valence-electron chi connectivity index (χ4n) is 2.97. The zero-order valence-corrected chi connectivity index (χ0v) is 14.8. The number of nitrogens with two attached hydrogens (primary N) is 1. The molecule has 2 aromatic rings. The Morgan fingerprint density at radius 3 is 3.04 bits per heavy atom. The molecular formula is C19H22N4O4. The van der Waals surface area contributed by atoms with Gasteiger partial charge in [-0.05, 0) is 37.0 Å². The number of phenolic OH excluding ortho intramolecular Hbond substituents is 1. The van der Waals surface area contributed by atoms with E-state index in [1.165, 1.54) is 12.8 Å². The minimum atomic E-state index is -0.556. The number of aromatic nitrogens is 1. The second-order valence-corrected chi connectivity index (χ2v) is 6.70. The van der Waals surface area contributed by atoms with Crippen LogP contribution in [-0.2, 0) is 11.3 Å². The summed E-state index contributed by atoms with van der Waals surface area (Å²) in [4.78, 5) is 16.2. The van der Waals surface area contributed by atoms with Gasteiger partial charge < -0.3 is 25.6 Å². The second kappa shape index (κ2) is 7.32. The maximum Gasteiger partial charge on any atom is 0.413 e. The highest BCUT2D eigenvalue weighted by atomic mass is 16.5. The molecule has 0 unspecified atom stereocenters. The van der Waals surface area contributed by atoms with Crippen LogP contribution in [0.25, 0.3) is 11.3 Å². The van der Waals surface area contributed by atoms with E-state index in [1.54, 1.807) is 12.1 Å². The third-order valence-electron chi connectivity index (χ3n) is 4.58. The van der Waals surface area contributed by atoms with E-state index in [0.29, 0.717) is 48.4 Å². The maximum atomic E-state index is 11.6. The number of carbonyl (C=O) groups is 1. The van der Waals surface area contributed by atoms with E-state index in [4.69, 9.17) is 15.2 Å². The number of nitrogens with zero attached hydrogens (tertiary/aromatic N) is 1. The predicted molar refractivity (Wildman–Crippen MR) is 101 cm³/mol. The first kappa shape index (κ1) is 17.4. The largest absolute Gasteiger partial charge is 0.507 e. The summed E-state index contributed by atoms with van der Waals surface area (Å²) >= 11 is 0. The van der Waals surface area contributed by atoms with Crippen molar-refractivity contribution in [2.75, 3.05) is 30.3 Å². The molecule has 8 heteroatoms. The van der Waals surface area contributed by atoms with Gasteiger partial charge in [0.2, 0.25) is 0 Å². The van der Waals surface area contributed by atoms with Crippen LogP contribution in [0.2, 0.25) is 0 Å². The van der Waals surface area contributed by atoms with Gasteiger partial charge in [-0.3, -0.25) is 5.32 Å². The third-order valence-corrected chi connectivity index (χ3v) is 4.58. The lowest BCUT2D eigenvalue weighted by Gasteiger charge is -2.22. The monoisotopic (exact) mass is 370 g/mol. The Hall–Kier alpha value is -3.00. The van der Waals surface area contributed by atoms with Gasteiger partial charge in [-0.25, -0.2) is 9.78 Å². The van der Waals surface area contributed by atoms with Crippen molar-refractivity contribution in [1.82, 2.24) is 4.98 Å². The number of benzene rings is 1.